The highest BCUT2D eigenvalue weighted by atomic mass is 16.5. The summed E-state index contributed by atoms with van der Waals surface area (Å²) in [5.74, 6) is -1.41. The number of fused-ring (bicyclic) bond motifs is 3. The first kappa shape index (κ1) is 23.4. The van der Waals surface area contributed by atoms with Crippen molar-refractivity contribution >= 4 is 18.0 Å². The van der Waals surface area contributed by atoms with Gasteiger partial charge in [0.2, 0.25) is 5.91 Å². The molecule has 2 aromatic carbocycles. The van der Waals surface area contributed by atoms with Crippen molar-refractivity contribution in [1.29, 1.82) is 0 Å². The highest BCUT2D eigenvalue weighted by Crippen LogP contribution is 2.60. The average molecular weight is 477 g/mol. The molecule has 0 radical (unpaired) electrons. The minimum Gasteiger partial charge on any atom is -0.480 e. The smallest absolute Gasteiger partial charge is 0.407 e. The zero-order valence-electron chi connectivity index (χ0n) is 20.2. The minimum atomic E-state index is -1.18. The van der Waals surface area contributed by atoms with E-state index >= 15 is 0 Å². The molecule has 7 heteroatoms. The van der Waals surface area contributed by atoms with Gasteiger partial charge in [0.15, 0.2) is 0 Å². The molecular formula is C28H32N2O5. The summed E-state index contributed by atoms with van der Waals surface area (Å²) in [7, 11) is 0. The van der Waals surface area contributed by atoms with E-state index in [0.29, 0.717) is 12.8 Å². The summed E-state index contributed by atoms with van der Waals surface area (Å²) < 4.78 is 5.60. The van der Waals surface area contributed by atoms with Gasteiger partial charge in [-0.3, -0.25) is 4.79 Å². The van der Waals surface area contributed by atoms with Crippen molar-refractivity contribution in [3.8, 4) is 11.1 Å². The number of hydrogen-bond donors (Lipinski definition) is 3. The van der Waals surface area contributed by atoms with Crippen LogP contribution in [-0.2, 0) is 14.3 Å². The van der Waals surface area contributed by atoms with Crippen LogP contribution in [0.15, 0.2) is 48.5 Å². The monoisotopic (exact) mass is 476 g/mol. The van der Waals surface area contributed by atoms with Gasteiger partial charge in [0, 0.05) is 17.9 Å². The summed E-state index contributed by atoms with van der Waals surface area (Å²) in [4.78, 5) is 37.3. The second kappa shape index (κ2) is 8.40. The van der Waals surface area contributed by atoms with Crippen LogP contribution in [0.2, 0.25) is 0 Å². The van der Waals surface area contributed by atoms with Crippen LogP contribution < -0.4 is 10.6 Å². The summed E-state index contributed by atoms with van der Waals surface area (Å²) in [6.45, 7) is 3.65. The van der Waals surface area contributed by atoms with E-state index in [0.717, 1.165) is 41.5 Å². The molecule has 35 heavy (non-hydrogen) atoms. The first-order valence-electron chi connectivity index (χ1n) is 12.3. The Labute approximate surface area is 205 Å². The number of benzene rings is 2. The molecule has 2 amide bonds. The highest BCUT2D eigenvalue weighted by molar-refractivity contribution is 5.89. The van der Waals surface area contributed by atoms with Crippen LogP contribution in [0, 0.1) is 5.41 Å². The lowest BCUT2D eigenvalue weighted by atomic mass is 9.48. The quantitative estimate of drug-likeness (QED) is 0.542. The Morgan fingerprint density at radius 3 is 2.09 bits per heavy atom. The lowest BCUT2D eigenvalue weighted by Crippen LogP contribution is -2.68. The number of rotatable bonds is 7. The number of aliphatic carboxylic acids is 1. The number of carbonyl (C=O) groups is 3. The van der Waals surface area contributed by atoms with Crippen LogP contribution >= 0.6 is 0 Å². The second-order valence-electron chi connectivity index (χ2n) is 11.2. The third-order valence-corrected chi connectivity index (χ3v) is 7.94. The molecule has 0 unspecified atom stereocenters. The number of ether oxygens (including phenoxy) is 1. The largest absolute Gasteiger partial charge is 0.480 e. The molecule has 0 aliphatic heterocycles. The topological polar surface area (TPSA) is 105 Å². The lowest BCUT2D eigenvalue weighted by Gasteiger charge is -2.59. The van der Waals surface area contributed by atoms with Crippen molar-refractivity contribution in [2.45, 2.75) is 69.4 Å². The third kappa shape index (κ3) is 4.28. The van der Waals surface area contributed by atoms with Crippen LogP contribution in [0.1, 0.15) is 69.4 Å². The van der Waals surface area contributed by atoms with Crippen molar-refractivity contribution in [1.82, 2.24) is 10.6 Å². The molecule has 0 aromatic heterocycles. The van der Waals surface area contributed by atoms with Gasteiger partial charge in [-0.25, -0.2) is 9.59 Å². The third-order valence-electron chi connectivity index (χ3n) is 7.94. The fraction of sp³-hybridized carbons (Fsp3) is 0.464. The van der Waals surface area contributed by atoms with E-state index in [1.807, 2.05) is 24.3 Å². The Balaban J connectivity index is 1.16. The number of carboxylic acids is 1. The van der Waals surface area contributed by atoms with Gasteiger partial charge in [0.25, 0.3) is 0 Å². The minimum absolute atomic E-state index is 0.0424. The standard InChI is InChI=1S/C28H32N2O5/c1-26(2,14-23(31)29-28(24(32)33)16-27(17-28)12-7-13-27)30-25(34)35-15-22-20-10-5-3-8-18(20)19-9-4-6-11-21(19)22/h3-6,8-11,22H,7,12-17H2,1-2H3,(H,29,31)(H,30,34)(H,32,33). The fourth-order valence-corrected chi connectivity index (χ4v) is 6.22. The molecule has 1 spiro atoms. The number of amides is 2. The molecule has 7 nitrogen and oxygen atoms in total. The molecule has 2 aromatic rings. The van der Waals surface area contributed by atoms with Crippen molar-refractivity contribution in [2.24, 2.45) is 5.41 Å². The number of carboxylic acid groups (broad SMARTS) is 1. The predicted octanol–water partition coefficient (Wildman–Crippen LogP) is 4.60. The zero-order valence-corrected chi connectivity index (χ0v) is 20.2. The highest BCUT2D eigenvalue weighted by Gasteiger charge is 2.61. The summed E-state index contributed by atoms with van der Waals surface area (Å²) in [6.07, 6.45) is 3.52. The van der Waals surface area contributed by atoms with Gasteiger partial charge in [0.05, 0.1) is 0 Å². The molecule has 0 heterocycles. The maximum Gasteiger partial charge on any atom is 0.407 e. The first-order valence-corrected chi connectivity index (χ1v) is 12.3. The van der Waals surface area contributed by atoms with E-state index in [9.17, 15) is 19.5 Å². The van der Waals surface area contributed by atoms with E-state index in [4.69, 9.17) is 4.74 Å². The summed E-state index contributed by atoms with van der Waals surface area (Å²) >= 11 is 0. The Bertz CT molecular complexity index is 1130. The van der Waals surface area contributed by atoms with Crippen LogP contribution in [0.5, 0.6) is 0 Å². The Kier molecular flexibility index (Phi) is 5.61. The van der Waals surface area contributed by atoms with Crippen LogP contribution in [0.25, 0.3) is 11.1 Å². The normalized spacial score (nSPS) is 19.0. The van der Waals surface area contributed by atoms with E-state index < -0.39 is 23.1 Å². The summed E-state index contributed by atoms with van der Waals surface area (Å²) in [5, 5.41) is 15.3. The van der Waals surface area contributed by atoms with Crippen molar-refractivity contribution < 1.29 is 24.2 Å². The summed E-state index contributed by atoms with van der Waals surface area (Å²) in [6, 6.07) is 16.2. The van der Waals surface area contributed by atoms with Crippen LogP contribution in [0.3, 0.4) is 0 Å². The number of nitrogens with one attached hydrogen (secondary N) is 2. The SMILES string of the molecule is CC(C)(CC(=O)NC1(C(=O)O)CC2(CCC2)C1)NC(=O)OCC1c2ccccc2-c2ccccc21. The van der Waals surface area contributed by atoms with Gasteiger partial charge >= 0.3 is 12.1 Å². The van der Waals surface area contributed by atoms with Gasteiger partial charge in [0.1, 0.15) is 12.1 Å². The van der Waals surface area contributed by atoms with Crippen molar-refractivity contribution in [2.75, 3.05) is 6.61 Å². The van der Waals surface area contributed by atoms with E-state index in [-0.39, 0.29) is 30.3 Å². The van der Waals surface area contributed by atoms with Crippen molar-refractivity contribution in [3.63, 3.8) is 0 Å². The molecule has 0 atom stereocenters. The molecule has 3 aliphatic rings. The van der Waals surface area contributed by atoms with Gasteiger partial charge in [-0.2, -0.15) is 0 Å². The molecule has 3 N–H and O–H groups in total. The predicted molar refractivity (Wildman–Crippen MR) is 131 cm³/mol. The number of alkyl carbamates (subject to hydrolysis) is 1. The molecule has 2 saturated carbocycles. The first-order chi connectivity index (χ1) is 16.6. The number of carbonyl (C=O) groups excluding carboxylic acids is 2. The molecule has 3 aliphatic carbocycles. The van der Waals surface area contributed by atoms with Gasteiger partial charge < -0.3 is 20.5 Å². The Morgan fingerprint density at radius 1 is 1.00 bits per heavy atom. The maximum atomic E-state index is 12.7. The number of hydrogen-bond acceptors (Lipinski definition) is 4. The van der Waals surface area contributed by atoms with E-state index in [2.05, 4.69) is 34.9 Å². The fourth-order valence-electron chi connectivity index (χ4n) is 6.22. The van der Waals surface area contributed by atoms with Gasteiger partial charge in [-0.1, -0.05) is 55.0 Å². The Hall–Kier alpha value is -3.35. The van der Waals surface area contributed by atoms with Crippen LogP contribution in [-0.4, -0.2) is 40.8 Å². The zero-order chi connectivity index (χ0) is 24.8. The van der Waals surface area contributed by atoms with E-state index in [1.54, 1.807) is 13.8 Å². The Morgan fingerprint density at radius 2 is 1.57 bits per heavy atom. The molecule has 0 bridgehead atoms. The summed E-state index contributed by atoms with van der Waals surface area (Å²) in [5.41, 5.74) is 2.58. The van der Waals surface area contributed by atoms with Gasteiger partial charge in [-0.15, -0.1) is 0 Å². The van der Waals surface area contributed by atoms with Gasteiger partial charge in [-0.05, 0) is 67.2 Å². The average Bonchev–Trinajstić information content (AvgIpc) is 3.06. The molecular weight excluding hydrogens is 444 g/mol. The molecule has 5 rings (SSSR count). The van der Waals surface area contributed by atoms with Crippen molar-refractivity contribution in [3.05, 3.63) is 59.7 Å². The molecule has 184 valence electrons. The maximum absolute atomic E-state index is 12.7. The molecule has 0 saturated heterocycles. The van der Waals surface area contributed by atoms with Crippen LogP contribution in [0.4, 0.5) is 4.79 Å². The van der Waals surface area contributed by atoms with E-state index in [1.165, 1.54) is 0 Å². The second-order valence-corrected chi connectivity index (χ2v) is 11.2. The molecule has 2 fully saturated rings. The lowest BCUT2D eigenvalue weighted by molar-refractivity contribution is -0.165.